The number of anilines is 2. The van der Waals surface area contributed by atoms with Crippen LogP contribution in [0.1, 0.15) is 31.4 Å². The van der Waals surface area contributed by atoms with Gasteiger partial charge >= 0.3 is 6.09 Å². The Kier molecular flexibility index (Phi) is 5.64. The van der Waals surface area contributed by atoms with Crippen LogP contribution in [-0.4, -0.2) is 58.0 Å². The summed E-state index contributed by atoms with van der Waals surface area (Å²) in [5.41, 5.74) is 3.79. The van der Waals surface area contributed by atoms with Crippen molar-refractivity contribution in [2.75, 3.05) is 29.5 Å². The zero-order valence-electron chi connectivity index (χ0n) is 20.2. The van der Waals surface area contributed by atoms with E-state index in [-0.39, 0.29) is 17.7 Å². The Labute approximate surface area is 212 Å². The number of benzene rings is 1. The van der Waals surface area contributed by atoms with Crippen molar-refractivity contribution in [1.29, 1.82) is 0 Å². The molecule has 0 aliphatic carbocycles. The first-order valence-corrected chi connectivity index (χ1v) is 12.4. The highest BCUT2D eigenvalue weighted by atomic mass is 16.6. The first kappa shape index (κ1) is 23.2. The minimum absolute atomic E-state index is 0.0861. The van der Waals surface area contributed by atoms with E-state index in [1.807, 2.05) is 4.90 Å². The predicted molar refractivity (Wildman–Crippen MR) is 134 cm³/mol. The van der Waals surface area contributed by atoms with E-state index in [0.717, 1.165) is 22.8 Å². The number of hydrazine groups is 1. The zero-order valence-corrected chi connectivity index (χ0v) is 20.2. The maximum atomic E-state index is 13.9. The number of nitrogens with zero attached hydrogens (tertiary/aromatic N) is 5. The maximum Gasteiger partial charge on any atom is 0.425 e. The molecule has 190 valence electrons. The molecule has 11 nitrogen and oxygen atoms in total. The van der Waals surface area contributed by atoms with Gasteiger partial charge in [-0.05, 0) is 44.0 Å². The van der Waals surface area contributed by atoms with Crippen LogP contribution in [0.5, 0.6) is 0 Å². The summed E-state index contributed by atoms with van der Waals surface area (Å²) in [4.78, 5) is 62.3. The van der Waals surface area contributed by atoms with E-state index in [9.17, 15) is 19.2 Å². The molecule has 6 rings (SSSR count). The molecule has 3 aliphatic heterocycles. The van der Waals surface area contributed by atoms with Gasteiger partial charge in [0, 0.05) is 19.3 Å². The molecule has 3 amide bonds. The van der Waals surface area contributed by atoms with Crippen molar-refractivity contribution in [3.05, 3.63) is 70.6 Å². The van der Waals surface area contributed by atoms with E-state index in [0.29, 0.717) is 30.2 Å². The Bertz CT molecular complexity index is 1450. The van der Waals surface area contributed by atoms with Gasteiger partial charge in [0.25, 0.3) is 11.5 Å². The highest BCUT2D eigenvalue weighted by molar-refractivity contribution is 6.24. The number of para-hydroxylation sites is 1. The molecule has 0 bridgehead atoms. The summed E-state index contributed by atoms with van der Waals surface area (Å²) in [6.45, 7) is 3.18. The third-order valence-corrected chi connectivity index (χ3v) is 7.18. The van der Waals surface area contributed by atoms with Crippen molar-refractivity contribution >= 4 is 35.1 Å². The molecule has 2 aromatic heterocycles. The fraction of sp³-hybridized carbons (Fsp3) is 0.346. The van der Waals surface area contributed by atoms with Crippen molar-refractivity contribution in [3.63, 3.8) is 0 Å². The Balaban J connectivity index is 1.53. The van der Waals surface area contributed by atoms with Gasteiger partial charge in [-0.2, -0.15) is 0 Å². The van der Waals surface area contributed by atoms with Crippen molar-refractivity contribution < 1.29 is 19.1 Å². The summed E-state index contributed by atoms with van der Waals surface area (Å²) in [7, 11) is 0. The van der Waals surface area contributed by atoms with Crippen molar-refractivity contribution in [1.82, 2.24) is 19.8 Å². The van der Waals surface area contributed by atoms with Crippen LogP contribution >= 0.6 is 0 Å². The molecule has 3 saturated heterocycles. The van der Waals surface area contributed by atoms with Crippen molar-refractivity contribution in [3.8, 4) is 0 Å². The number of amides is 3. The highest BCUT2D eigenvalue weighted by Crippen LogP contribution is 2.43. The van der Waals surface area contributed by atoms with E-state index in [1.54, 1.807) is 61.7 Å². The topological polar surface area (TPSA) is 117 Å². The predicted octanol–water partition coefficient (Wildman–Crippen LogP) is 1.87. The van der Waals surface area contributed by atoms with E-state index >= 15 is 0 Å². The van der Waals surface area contributed by atoms with Crippen LogP contribution in [0.4, 0.5) is 16.3 Å². The van der Waals surface area contributed by atoms with Gasteiger partial charge in [-0.3, -0.25) is 18.8 Å². The average molecular weight is 503 g/mol. The molecule has 1 N–H and O–H groups in total. The van der Waals surface area contributed by atoms with Crippen LogP contribution in [0.25, 0.3) is 5.65 Å². The smallest absolute Gasteiger partial charge is 0.425 e. The first-order chi connectivity index (χ1) is 18.0. The molecule has 11 heteroatoms. The van der Waals surface area contributed by atoms with Gasteiger partial charge in [-0.15, -0.1) is 0 Å². The molecule has 0 saturated carbocycles. The zero-order chi connectivity index (χ0) is 25.7. The van der Waals surface area contributed by atoms with Gasteiger partial charge in [-0.25, -0.2) is 25.1 Å². The first-order valence-electron chi connectivity index (χ1n) is 12.4. The lowest BCUT2D eigenvalue weighted by atomic mass is 9.91. The Morgan fingerprint density at radius 3 is 2.49 bits per heavy atom. The van der Waals surface area contributed by atoms with Gasteiger partial charge in [0.2, 0.25) is 5.91 Å². The number of rotatable bonds is 4. The second-order valence-corrected chi connectivity index (χ2v) is 9.27. The number of pyridine rings is 1. The standard InChI is InChI=1S/C26H26N6O5/c1-2-37-26(36)32-21-18(24(34)31(25(21)35)16-10-4-3-5-11-16)20(28-32)19-22(29-13-8-9-14-29)27-17-12-6-7-15-30(17)23(19)33/h3-7,10-12,15,18,20-21,28H,2,8-9,13-14H2,1H3. The fourth-order valence-corrected chi connectivity index (χ4v) is 5.55. The monoisotopic (exact) mass is 502 g/mol. The number of fused-ring (bicyclic) bond motifs is 2. The minimum atomic E-state index is -1.17. The largest absolute Gasteiger partial charge is 0.449 e. The number of imide groups is 1. The van der Waals surface area contributed by atoms with Gasteiger partial charge in [-0.1, -0.05) is 24.3 Å². The van der Waals surface area contributed by atoms with Crippen LogP contribution in [0.15, 0.2) is 59.5 Å². The maximum absolute atomic E-state index is 13.9. The summed E-state index contributed by atoms with van der Waals surface area (Å²) in [5.74, 6) is -1.61. The van der Waals surface area contributed by atoms with Crippen LogP contribution in [0, 0.1) is 5.92 Å². The molecule has 37 heavy (non-hydrogen) atoms. The van der Waals surface area contributed by atoms with Crippen LogP contribution in [0.2, 0.25) is 0 Å². The Morgan fingerprint density at radius 1 is 1.03 bits per heavy atom. The van der Waals surface area contributed by atoms with E-state index < -0.39 is 35.9 Å². The summed E-state index contributed by atoms with van der Waals surface area (Å²) >= 11 is 0. The molecule has 3 unspecified atom stereocenters. The number of nitrogens with one attached hydrogen (secondary N) is 1. The molecular formula is C26H26N6O5. The molecule has 3 aliphatic rings. The lowest BCUT2D eigenvalue weighted by Gasteiger charge is -2.26. The van der Waals surface area contributed by atoms with E-state index in [1.165, 1.54) is 4.40 Å². The molecule has 0 radical (unpaired) electrons. The number of aromatic nitrogens is 2. The molecule has 3 atom stereocenters. The molecule has 5 heterocycles. The number of ether oxygens (including phenoxy) is 1. The normalized spacial score (nSPS) is 23.3. The third kappa shape index (κ3) is 3.57. The molecule has 3 fully saturated rings. The molecule has 3 aromatic rings. The van der Waals surface area contributed by atoms with Crippen molar-refractivity contribution in [2.45, 2.75) is 31.8 Å². The number of carbonyl (C=O) groups is 3. The number of hydrogen-bond acceptors (Lipinski definition) is 8. The SMILES string of the molecule is CCOC(=O)N1NC(c2c(N3CCCC3)nc3ccccn3c2=O)C2C(=O)N(c3ccccc3)C(=O)C21. The third-order valence-electron chi connectivity index (χ3n) is 7.18. The van der Waals surface area contributed by atoms with Gasteiger partial charge in [0.05, 0.1) is 29.8 Å². The highest BCUT2D eigenvalue weighted by Gasteiger charge is 2.62. The van der Waals surface area contributed by atoms with Crippen LogP contribution < -0.4 is 20.8 Å². The second kappa shape index (κ2) is 9.00. The molecule has 1 aromatic carbocycles. The Hall–Kier alpha value is -4.25. The lowest BCUT2D eigenvalue weighted by molar-refractivity contribution is -0.123. The number of carbonyl (C=O) groups excluding carboxylic acids is 3. The summed E-state index contributed by atoms with van der Waals surface area (Å²) < 4.78 is 6.63. The quantitative estimate of drug-likeness (QED) is 0.538. The number of hydrogen-bond donors (Lipinski definition) is 1. The Morgan fingerprint density at radius 2 is 1.76 bits per heavy atom. The van der Waals surface area contributed by atoms with Crippen LogP contribution in [0.3, 0.4) is 0 Å². The fourth-order valence-electron chi connectivity index (χ4n) is 5.55. The van der Waals surface area contributed by atoms with Gasteiger partial charge < -0.3 is 9.64 Å². The molecule has 0 spiro atoms. The second-order valence-electron chi connectivity index (χ2n) is 9.27. The summed E-state index contributed by atoms with van der Waals surface area (Å²) in [5, 5.41) is 1.06. The van der Waals surface area contributed by atoms with Gasteiger partial charge in [0.15, 0.2) is 0 Å². The van der Waals surface area contributed by atoms with Crippen LogP contribution in [-0.2, 0) is 14.3 Å². The van der Waals surface area contributed by atoms with E-state index in [2.05, 4.69) is 5.43 Å². The van der Waals surface area contributed by atoms with E-state index in [4.69, 9.17) is 9.72 Å². The summed E-state index contributed by atoms with van der Waals surface area (Å²) in [6.07, 6.45) is 2.74. The molecular weight excluding hydrogens is 476 g/mol. The van der Waals surface area contributed by atoms with Gasteiger partial charge in [0.1, 0.15) is 17.5 Å². The minimum Gasteiger partial charge on any atom is -0.449 e. The average Bonchev–Trinajstić information content (AvgIpc) is 3.63. The van der Waals surface area contributed by atoms with Crippen molar-refractivity contribution in [2.24, 2.45) is 5.92 Å². The lowest BCUT2D eigenvalue weighted by Crippen LogP contribution is -2.49. The summed E-state index contributed by atoms with van der Waals surface area (Å²) in [6, 6.07) is 11.7.